The fourth-order valence-electron chi connectivity index (χ4n) is 9.05. The normalized spacial score (nSPS) is 36.9. The van der Waals surface area contributed by atoms with Gasteiger partial charge in [0.25, 0.3) is 0 Å². The molecule has 0 aliphatic heterocycles. The third kappa shape index (κ3) is 5.97. The van der Waals surface area contributed by atoms with Gasteiger partial charge in [0.05, 0.1) is 18.1 Å². The monoisotopic (exact) mass is 630 g/mol. The van der Waals surface area contributed by atoms with Gasteiger partial charge in [-0.1, -0.05) is 105 Å². The van der Waals surface area contributed by atoms with Crippen molar-refractivity contribution >= 4 is 17.7 Å². The first-order chi connectivity index (χ1) is 21.2. The van der Waals surface area contributed by atoms with E-state index in [-0.39, 0.29) is 25.4 Å². The molecule has 0 aromatic carbocycles. The molecule has 0 aromatic heterocycles. The molecule has 45 heavy (non-hydrogen) atoms. The summed E-state index contributed by atoms with van der Waals surface area (Å²) in [7, 11) is 0. The summed E-state index contributed by atoms with van der Waals surface area (Å²) in [4.78, 5) is 40.3. The smallest absolute Gasteiger partial charge is 0.309 e. The van der Waals surface area contributed by atoms with E-state index in [0.29, 0.717) is 24.0 Å². The Morgan fingerprint density at radius 1 is 1.00 bits per heavy atom. The Bertz CT molecular complexity index is 1190. The molecule has 8 nitrogen and oxygen atoms in total. The maximum Gasteiger partial charge on any atom is 0.309 e. The van der Waals surface area contributed by atoms with E-state index in [9.17, 15) is 29.7 Å². The van der Waals surface area contributed by atoms with E-state index < -0.39 is 69.7 Å². The quantitative estimate of drug-likeness (QED) is 0.114. The summed E-state index contributed by atoms with van der Waals surface area (Å²) in [6, 6.07) is 0. The number of ketones is 1. The summed E-state index contributed by atoms with van der Waals surface area (Å²) in [5.74, 6) is -4.60. The molecule has 0 heterocycles. The van der Waals surface area contributed by atoms with Crippen molar-refractivity contribution in [1.29, 1.82) is 0 Å². The van der Waals surface area contributed by atoms with Crippen molar-refractivity contribution in [2.75, 3.05) is 6.61 Å². The molecule has 0 bridgehead atoms. The Morgan fingerprint density at radius 3 is 2.18 bits per heavy atom. The maximum atomic E-state index is 13.5. The van der Waals surface area contributed by atoms with Gasteiger partial charge in [0, 0.05) is 41.9 Å². The van der Waals surface area contributed by atoms with Gasteiger partial charge >= 0.3 is 11.9 Å². The van der Waals surface area contributed by atoms with Crippen molar-refractivity contribution in [2.24, 2.45) is 35.0 Å². The van der Waals surface area contributed by atoms with E-state index in [1.807, 2.05) is 20.8 Å². The molecule has 0 amide bonds. The molecule has 0 radical (unpaired) electrons. The third-order valence-corrected chi connectivity index (χ3v) is 12.0. The van der Waals surface area contributed by atoms with Crippen molar-refractivity contribution in [3.05, 3.63) is 23.3 Å². The number of esters is 2. The predicted octanol–water partition coefficient (Wildman–Crippen LogP) is 6.00. The number of aliphatic hydroxyl groups is 3. The van der Waals surface area contributed by atoms with Crippen LogP contribution in [0.15, 0.2) is 23.3 Å². The van der Waals surface area contributed by atoms with Gasteiger partial charge in [-0.05, 0) is 30.9 Å². The lowest BCUT2D eigenvalue weighted by atomic mass is 9.59. The Hall–Kier alpha value is -2.03. The largest absolute Gasteiger partial charge is 0.457 e. The van der Waals surface area contributed by atoms with Gasteiger partial charge in [-0.15, -0.1) is 0 Å². The van der Waals surface area contributed by atoms with Gasteiger partial charge in [-0.25, -0.2) is 0 Å². The van der Waals surface area contributed by atoms with Crippen LogP contribution < -0.4 is 0 Å². The average Bonchev–Trinajstić information content (AvgIpc) is 3.43. The first-order valence-corrected chi connectivity index (χ1v) is 17.6. The van der Waals surface area contributed by atoms with Gasteiger partial charge in [-0.3, -0.25) is 14.4 Å². The van der Waals surface area contributed by atoms with Crippen molar-refractivity contribution in [2.45, 2.75) is 148 Å². The highest BCUT2D eigenvalue weighted by atomic mass is 16.6. The molecule has 0 spiro atoms. The first-order valence-electron chi connectivity index (χ1n) is 17.6. The van der Waals surface area contributed by atoms with Gasteiger partial charge in [-0.2, -0.15) is 0 Å². The number of Topliss-reactive ketones (excluding diaryl/α,β-unsaturated/α-hetero) is 1. The van der Waals surface area contributed by atoms with Crippen molar-refractivity contribution < 1.29 is 39.2 Å². The number of hydrogen-bond donors (Lipinski definition) is 3. The van der Waals surface area contributed by atoms with Crippen LogP contribution in [0.4, 0.5) is 0 Å². The highest BCUT2D eigenvalue weighted by molar-refractivity contribution is 6.04. The Morgan fingerprint density at radius 2 is 1.60 bits per heavy atom. The lowest BCUT2D eigenvalue weighted by Gasteiger charge is -2.53. The molecule has 4 rings (SSSR count). The number of aliphatic hydroxyl groups excluding tert-OH is 1. The average molecular weight is 631 g/mol. The van der Waals surface area contributed by atoms with E-state index in [1.165, 1.54) is 32.1 Å². The Balaban J connectivity index is 1.64. The molecule has 4 aliphatic rings. The van der Waals surface area contributed by atoms with Gasteiger partial charge < -0.3 is 24.8 Å². The molecule has 2 fully saturated rings. The predicted molar refractivity (Wildman–Crippen MR) is 172 cm³/mol. The molecule has 3 N–H and O–H groups in total. The summed E-state index contributed by atoms with van der Waals surface area (Å²) in [5.41, 5.74) is -4.75. The summed E-state index contributed by atoms with van der Waals surface area (Å²) in [6.45, 7) is 12.9. The first kappa shape index (κ1) is 35.8. The minimum Gasteiger partial charge on any atom is -0.457 e. The number of carbonyl (C=O) groups is 3. The van der Waals surface area contributed by atoms with Crippen LogP contribution in [0.1, 0.15) is 126 Å². The second-order valence-electron chi connectivity index (χ2n) is 15.2. The molecular weight excluding hydrogens is 572 g/mol. The van der Waals surface area contributed by atoms with Gasteiger partial charge in [0.2, 0.25) is 0 Å². The summed E-state index contributed by atoms with van der Waals surface area (Å²) < 4.78 is 12.7. The van der Waals surface area contributed by atoms with E-state index >= 15 is 0 Å². The van der Waals surface area contributed by atoms with E-state index in [2.05, 4.69) is 6.92 Å². The van der Waals surface area contributed by atoms with Crippen LogP contribution in [0.2, 0.25) is 0 Å². The molecule has 9 atom stereocenters. The summed E-state index contributed by atoms with van der Waals surface area (Å²) >= 11 is 0. The van der Waals surface area contributed by atoms with Crippen LogP contribution >= 0.6 is 0 Å². The van der Waals surface area contributed by atoms with E-state index in [4.69, 9.17) is 9.47 Å². The molecule has 2 saturated carbocycles. The highest BCUT2D eigenvalue weighted by Crippen LogP contribution is 2.77. The number of hydrogen-bond acceptors (Lipinski definition) is 8. The number of unbranched alkanes of at least 4 members (excludes halogenated alkanes) is 8. The summed E-state index contributed by atoms with van der Waals surface area (Å²) in [6.07, 6.45) is 13.3. The molecule has 254 valence electrons. The number of fused-ring (bicyclic) bond motifs is 5. The van der Waals surface area contributed by atoms with Gasteiger partial charge in [0.1, 0.15) is 11.7 Å². The lowest BCUT2D eigenvalue weighted by Crippen LogP contribution is -2.66. The van der Waals surface area contributed by atoms with Crippen LogP contribution in [0, 0.1) is 35.0 Å². The molecular formula is C37H58O8. The van der Waals surface area contributed by atoms with Crippen LogP contribution in [-0.4, -0.2) is 62.6 Å². The highest BCUT2D eigenvalue weighted by Gasteiger charge is 2.88. The minimum atomic E-state index is -1.94. The zero-order valence-corrected chi connectivity index (χ0v) is 28.7. The molecule has 0 saturated heterocycles. The van der Waals surface area contributed by atoms with Crippen molar-refractivity contribution in [3.8, 4) is 0 Å². The van der Waals surface area contributed by atoms with Crippen molar-refractivity contribution in [1.82, 2.24) is 0 Å². The van der Waals surface area contributed by atoms with E-state index in [0.717, 1.165) is 19.3 Å². The minimum absolute atomic E-state index is 0.109. The molecule has 0 aromatic rings. The Kier molecular flexibility index (Phi) is 10.8. The number of carbonyl (C=O) groups excluding carboxylic acids is 3. The van der Waals surface area contributed by atoms with Crippen LogP contribution in [0.25, 0.3) is 0 Å². The van der Waals surface area contributed by atoms with Gasteiger partial charge in [0.15, 0.2) is 11.4 Å². The van der Waals surface area contributed by atoms with Crippen LogP contribution in [0.5, 0.6) is 0 Å². The van der Waals surface area contributed by atoms with Crippen LogP contribution in [0.3, 0.4) is 0 Å². The number of rotatable bonds is 15. The second kappa shape index (κ2) is 13.6. The molecule has 8 heteroatoms. The fraction of sp³-hybridized carbons (Fsp3) is 0.811. The SMILES string of the molecule is CCCCCCCCCCCC(=O)OC12C(C3C=C(CO)C[C@]4(O)C(=O)C(C)=CC4[C@@]3(O)[C@H](C)[C@H]1OC(=O)C(C)CC)C2(C)C. The van der Waals surface area contributed by atoms with E-state index in [1.54, 1.807) is 32.9 Å². The third-order valence-electron chi connectivity index (χ3n) is 12.0. The Labute approximate surface area is 270 Å². The fourth-order valence-corrected chi connectivity index (χ4v) is 9.05. The van der Waals surface area contributed by atoms with Crippen LogP contribution in [-0.2, 0) is 23.9 Å². The standard InChI is InChI=1S/C37H58O8/c1-8-10-11-12-13-14-15-16-17-18-29(39)45-37-30(34(37,6)7)27-20-26(22-38)21-35(42)28(19-24(4)31(35)40)36(27,43)25(5)32(37)44-33(41)23(3)9-2/h19-20,23,25,27-28,30,32,38,42-43H,8-18,21-22H2,1-7H3/t23?,25-,27?,28?,30?,32-,35-,36-,37?/m1/s1. The molecule has 5 unspecified atom stereocenters. The van der Waals surface area contributed by atoms with Crippen molar-refractivity contribution in [3.63, 3.8) is 0 Å². The lowest BCUT2D eigenvalue weighted by molar-refractivity contribution is -0.230. The maximum absolute atomic E-state index is 13.5. The second-order valence-corrected chi connectivity index (χ2v) is 15.2. The zero-order chi connectivity index (χ0) is 33.4. The number of ether oxygens (including phenoxy) is 2. The summed E-state index contributed by atoms with van der Waals surface area (Å²) in [5, 5.41) is 35.1. The zero-order valence-electron chi connectivity index (χ0n) is 28.7. The molecule has 4 aliphatic carbocycles. The topological polar surface area (TPSA) is 130 Å².